The number of nitrogens with zero attached hydrogens (tertiary/aromatic N) is 3. The van der Waals surface area contributed by atoms with Crippen LogP contribution in [0.3, 0.4) is 0 Å². The van der Waals surface area contributed by atoms with E-state index >= 15 is 0 Å². The zero-order chi connectivity index (χ0) is 12.5. The molecular weight excluding hydrogens is 226 g/mol. The molecule has 0 saturated carbocycles. The highest BCUT2D eigenvalue weighted by atomic mass is 16.3. The molecule has 4 heteroatoms. The van der Waals surface area contributed by atoms with Crippen LogP contribution in [0.5, 0.6) is 0 Å². The number of likely N-dealkylation sites (tertiary alicyclic amines) is 1. The van der Waals surface area contributed by atoms with Gasteiger partial charge in [-0.25, -0.2) is 4.98 Å². The highest BCUT2D eigenvalue weighted by Crippen LogP contribution is 2.34. The van der Waals surface area contributed by atoms with Crippen LogP contribution >= 0.6 is 0 Å². The first-order valence-electron chi connectivity index (χ1n) is 7.18. The number of rotatable bonds is 2. The van der Waals surface area contributed by atoms with Crippen molar-refractivity contribution in [2.45, 2.75) is 50.6 Å². The van der Waals surface area contributed by atoms with Crippen LogP contribution in [0, 0.1) is 0 Å². The molecule has 100 valence electrons. The molecule has 18 heavy (non-hydrogen) atoms. The van der Waals surface area contributed by atoms with Crippen LogP contribution in [0.2, 0.25) is 0 Å². The number of aromatic nitrogens is 2. The normalized spacial score (nSPS) is 29.2. The van der Waals surface area contributed by atoms with Crippen molar-refractivity contribution in [2.24, 2.45) is 0 Å². The van der Waals surface area contributed by atoms with Crippen LogP contribution in [0.1, 0.15) is 55.7 Å². The van der Waals surface area contributed by atoms with Gasteiger partial charge in [-0.1, -0.05) is 6.42 Å². The summed E-state index contributed by atoms with van der Waals surface area (Å²) in [6, 6.07) is 0.696. The molecule has 0 amide bonds. The summed E-state index contributed by atoms with van der Waals surface area (Å²) in [6.45, 7) is 1.41. The summed E-state index contributed by atoms with van der Waals surface area (Å²) in [7, 11) is 2.20. The summed E-state index contributed by atoms with van der Waals surface area (Å²) in [5.41, 5.74) is 1.31. The number of imidazole rings is 1. The van der Waals surface area contributed by atoms with Gasteiger partial charge >= 0.3 is 0 Å². The quantitative estimate of drug-likeness (QED) is 0.870. The van der Waals surface area contributed by atoms with Crippen LogP contribution < -0.4 is 0 Å². The van der Waals surface area contributed by atoms with E-state index < -0.39 is 0 Å². The first kappa shape index (κ1) is 12.2. The number of hydrogen-bond donors (Lipinski definition) is 1. The lowest BCUT2D eigenvalue weighted by atomic mass is 9.99. The Kier molecular flexibility index (Phi) is 3.39. The minimum atomic E-state index is 0.243. The fourth-order valence-electron chi connectivity index (χ4n) is 3.49. The minimum absolute atomic E-state index is 0.243. The Labute approximate surface area is 109 Å². The Balaban J connectivity index is 1.94. The molecule has 2 aliphatic heterocycles. The van der Waals surface area contributed by atoms with Crippen LogP contribution in [0.4, 0.5) is 0 Å². The summed E-state index contributed by atoms with van der Waals surface area (Å²) < 4.78 is 2.33. The van der Waals surface area contributed by atoms with Crippen LogP contribution in [0.15, 0.2) is 6.20 Å². The number of fused-ring (bicyclic) bond motifs is 1. The molecule has 1 saturated heterocycles. The predicted molar refractivity (Wildman–Crippen MR) is 70.5 cm³/mol. The summed E-state index contributed by atoms with van der Waals surface area (Å²) >= 11 is 0. The largest absolute Gasteiger partial charge is 0.394 e. The fourth-order valence-corrected chi connectivity index (χ4v) is 3.49. The molecule has 1 fully saturated rings. The Morgan fingerprint density at radius 1 is 1.33 bits per heavy atom. The zero-order valence-corrected chi connectivity index (χ0v) is 11.2. The van der Waals surface area contributed by atoms with Crippen LogP contribution in [-0.4, -0.2) is 39.8 Å². The molecule has 3 heterocycles. The first-order valence-corrected chi connectivity index (χ1v) is 7.18. The third-order valence-corrected chi connectivity index (χ3v) is 4.52. The minimum Gasteiger partial charge on any atom is -0.394 e. The van der Waals surface area contributed by atoms with Gasteiger partial charge in [0.15, 0.2) is 0 Å². The second-order valence-corrected chi connectivity index (χ2v) is 5.70. The molecule has 3 rings (SSSR count). The van der Waals surface area contributed by atoms with E-state index in [9.17, 15) is 5.11 Å². The number of piperidine rings is 1. The molecule has 4 nitrogen and oxygen atoms in total. The standard InChI is InChI=1S/C14H23N3O/c1-16-8-3-2-7-13(16)14-15-9-11-5-4-6-12(10-18)17(11)14/h9,12-13,18H,2-8,10H2,1H3. The van der Waals surface area contributed by atoms with Gasteiger partial charge in [-0.15, -0.1) is 0 Å². The second kappa shape index (κ2) is 5.02. The maximum atomic E-state index is 9.58. The highest BCUT2D eigenvalue weighted by molar-refractivity contribution is 5.14. The van der Waals surface area contributed by atoms with Gasteiger partial charge in [-0.2, -0.15) is 0 Å². The average Bonchev–Trinajstić information content (AvgIpc) is 2.83. The molecular formula is C14H23N3O. The SMILES string of the molecule is CN1CCCCC1c1ncc2n1C(CO)CCC2. The fraction of sp³-hybridized carbons (Fsp3) is 0.786. The molecule has 0 bridgehead atoms. The second-order valence-electron chi connectivity index (χ2n) is 5.70. The lowest BCUT2D eigenvalue weighted by Crippen LogP contribution is -2.33. The highest BCUT2D eigenvalue weighted by Gasteiger charge is 2.30. The van der Waals surface area contributed by atoms with E-state index in [0.717, 1.165) is 19.4 Å². The maximum absolute atomic E-state index is 9.58. The van der Waals surface area contributed by atoms with Crippen LogP contribution in [-0.2, 0) is 6.42 Å². The van der Waals surface area contributed by atoms with E-state index in [-0.39, 0.29) is 12.6 Å². The van der Waals surface area contributed by atoms with Gasteiger partial charge in [0.2, 0.25) is 0 Å². The molecule has 2 atom stereocenters. The van der Waals surface area contributed by atoms with Gasteiger partial charge < -0.3 is 9.67 Å². The van der Waals surface area contributed by atoms with Crippen molar-refractivity contribution in [2.75, 3.05) is 20.2 Å². The van der Waals surface area contributed by atoms with Crippen molar-refractivity contribution in [1.82, 2.24) is 14.5 Å². The first-order chi connectivity index (χ1) is 8.81. The Morgan fingerprint density at radius 3 is 3.00 bits per heavy atom. The lowest BCUT2D eigenvalue weighted by molar-refractivity contribution is 0.157. The molecule has 2 unspecified atom stereocenters. The zero-order valence-electron chi connectivity index (χ0n) is 11.2. The Hall–Kier alpha value is -0.870. The topological polar surface area (TPSA) is 41.3 Å². The molecule has 2 aliphatic rings. The average molecular weight is 249 g/mol. The van der Waals surface area contributed by atoms with Crippen molar-refractivity contribution >= 4 is 0 Å². The molecule has 0 spiro atoms. The van der Waals surface area contributed by atoms with E-state index in [1.54, 1.807) is 0 Å². The Bertz CT molecular complexity index is 415. The van der Waals surface area contributed by atoms with E-state index in [1.165, 1.54) is 37.2 Å². The van der Waals surface area contributed by atoms with Gasteiger partial charge in [-0.05, 0) is 45.7 Å². The number of aliphatic hydroxyl groups excluding tert-OH is 1. The Morgan fingerprint density at radius 2 is 2.22 bits per heavy atom. The van der Waals surface area contributed by atoms with Crippen molar-refractivity contribution in [3.63, 3.8) is 0 Å². The van der Waals surface area contributed by atoms with Crippen molar-refractivity contribution in [3.05, 3.63) is 17.7 Å². The number of aryl methyl sites for hydroxylation is 1. The number of hydrogen-bond acceptors (Lipinski definition) is 3. The maximum Gasteiger partial charge on any atom is 0.126 e. The van der Waals surface area contributed by atoms with Gasteiger partial charge in [0.05, 0.1) is 18.7 Å². The molecule has 0 radical (unpaired) electrons. The van der Waals surface area contributed by atoms with E-state index in [2.05, 4.69) is 21.5 Å². The molecule has 0 aromatic carbocycles. The third kappa shape index (κ3) is 1.97. The van der Waals surface area contributed by atoms with E-state index in [1.807, 2.05) is 6.20 Å². The molecule has 0 aliphatic carbocycles. The van der Waals surface area contributed by atoms with Crippen molar-refractivity contribution in [3.8, 4) is 0 Å². The van der Waals surface area contributed by atoms with Gasteiger partial charge in [0, 0.05) is 11.9 Å². The molecule has 1 aromatic rings. The van der Waals surface area contributed by atoms with Crippen LogP contribution in [0.25, 0.3) is 0 Å². The van der Waals surface area contributed by atoms with Gasteiger partial charge in [0.25, 0.3) is 0 Å². The molecule has 1 N–H and O–H groups in total. The van der Waals surface area contributed by atoms with E-state index in [4.69, 9.17) is 0 Å². The van der Waals surface area contributed by atoms with Crippen molar-refractivity contribution in [1.29, 1.82) is 0 Å². The predicted octanol–water partition coefficient (Wildman–Crippen LogP) is 1.91. The summed E-state index contributed by atoms with van der Waals surface area (Å²) in [4.78, 5) is 7.10. The summed E-state index contributed by atoms with van der Waals surface area (Å²) in [6.07, 6.45) is 9.19. The smallest absolute Gasteiger partial charge is 0.126 e. The van der Waals surface area contributed by atoms with Crippen molar-refractivity contribution < 1.29 is 5.11 Å². The molecule has 1 aromatic heterocycles. The van der Waals surface area contributed by atoms with E-state index in [0.29, 0.717) is 6.04 Å². The van der Waals surface area contributed by atoms with Gasteiger partial charge in [-0.3, -0.25) is 4.90 Å². The monoisotopic (exact) mass is 249 g/mol. The number of aliphatic hydroxyl groups is 1. The lowest BCUT2D eigenvalue weighted by Gasteiger charge is -2.35. The third-order valence-electron chi connectivity index (χ3n) is 4.52. The summed E-state index contributed by atoms with van der Waals surface area (Å²) in [5.74, 6) is 1.19. The van der Waals surface area contributed by atoms with Gasteiger partial charge in [0.1, 0.15) is 5.82 Å². The summed E-state index contributed by atoms with van der Waals surface area (Å²) in [5, 5.41) is 9.58.